The maximum atomic E-state index is 12.5. The van der Waals surface area contributed by atoms with E-state index in [2.05, 4.69) is 92.8 Å². The highest BCUT2D eigenvalue weighted by atomic mass is 79.9. The third-order valence-corrected chi connectivity index (χ3v) is 8.07. The Morgan fingerprint density at radius 1 is 0.795 bits per heavy atom. The van der Waals surface area contributed by atoms with Gasteiger partial charge in [-0.3, -0.25) is 14.5 Å². The van der Waals surface area contributed by atoms with Gasteiger partial charge in [0.15, 0.2) is 0 Å². The van der Waals surface area contributed by atoms with Crippen molar-refractivity contribution in [3.63, 3.8) is 0 Å². The van der Waals surface area contributed by atoms with Gasteiger partial charge in [-0.1, -0.05) is 84.9 Å². The van der Waals surface area contributed by atoms with E-state index in [4.69, 9.17) is 0 Å². The summed E-state index contributed by atoms with van der Waals surface area (Å²) >= 11 is 3.47. The standard InChI is InChI=1S/C32H36BrN3O3/c1-30(2,3)18-31(4,5)20-14-23(32(6,7)19-12-10-9-11-13-19)27(37)26(15-20)35-34-25-17-22-21(16-24(25)33)28(38)36(8)29(22)39/h9-17,37H,18H2,1-8H3. The van der Waals surface area contributed by atoms with Crippen LogP contribution in [0.2, 0.25) is 0 Å². The van der Waals surface area contributed by atoms with Crippen molar-refractivity contribution >= 4 is 39.1 Å². The predicted molar refractivity (Wildman–Crippen MR) is 159 cm³/mol. The number of rotatable bonds is 6. The van der Waals surface area contributed by atoms with Crippen LogP contribution in [-0.2, 0) is 10.8 Å². The molecule has 2 amide bonds. The Labute approximate surface area is 239 Å². The first-order valence-corrected chi connectivity index (χ1v) is 13.8. The van der Waals surface area contributed by atoms with E-state index >= 15 is 0 Å². The van der Waals surface area contributed by atoms with Crippen LogP contribution in [0.25, 0.3) is 0 Å². The lowest BCUT2D eigenvalue weighted by Gasteiger charge is -2.35. The van der Waals surface area contributed by atoms with Crippen LogP contribution in [0.4, 0.5) is 11.4 Å². The molecule has 0 spiro atoms. The largest absolute Gasteiger partial charge is 0.505 e. The number of halogens is 1. The number of benzene rings is 3. The quantitative estimate of drug-likeness (QED) is 0.230. The van der Waals surface area contributed by atoms with Crippen LogP contribution < -0.4 is 0 Å². The summed E-state index contributed by atoms with van der Waals surface area (Å²) in [7, 11) is 1.46. The van der Waals surface area contributed by atoms with Crippen molar-refractivity contribution in [3.05, 3.63) is 86.9 Å². The number of fused-ring (bicyclic) bond motifs is 1. The molecule has 3 aromatic rings. The third kappa shape index (κ3) is 5.55. The van der Waals surface area contributed by atoms with Gasteiger partial charge in [-0.15, -0.1) is 10.2 Å². The van der Waals surface area contributed by atoms with Crippen molar-refractivity contribution in [1.29, 1.82) is 0 Å². The fraction of sp³-hybridized carbons (Fsp3) is 0.375. The topological polar surface area (TPSA) is 82.3 Å². The summed E-state index contributed by atoms with van der Waals surface area (Å²) in [6, 6.07) is 17.2. The van der Waals surface area contributed by atoms with Gasteiger partial charge in [-0.25, -0.2) is 0 Å². The van der Waals surface area contributed by atoms with Gasteiger partial charge in [-0.2, -0.15) is 0 Å². The number of carbonyl (C=O) groups excluding carboxylic acids is 2. The van der Waals surface area contributed by atoms with Gasteiger partial charge >= 0.3 is 0 Å². The van der Waals surface area contributed by atoms with Gasteiger partial charge < -0.3 is 5.11 Å². The van der Waals surface area contributed by atoms with Crippen LogP contribution in [0, 0.1) is 5.41 Å². The lowest BCUT2D eigenvalue weighted by atomic mass is 9.70. The molecule has 3 aromatic carbocycles. The number of carbonyl (C=O) groups is 2. The monoisotopic (exact) mass is 589 g/mol. The van der Waals surface area contributed by atoms with Crippen LogP contribution in [0.1, 0.15) is 92.3 Å². The van der Waals surface area contributed by atoms with Crippen LogP contribution >= 0.6 is 15.9 Å². The Hall–Kier alpha value is -3.32. The summed E-state index contributed by atoms with van der Waals surface area (Å²) < 4.78 is 0.537. The average Bonchev–Trinajstić information content (AvgIpc) is 3.05. The van der Waals surface area contributed by atoms with E-state index in [-0.39, 0.29) is 34.0 Å². The third-order valence-electron chi connectivity index (χ3n) is 7.43. The van der Waals surface area contributed by atoms with Crippen LogP contribution in [0.5, 0.6) is 5.75 Å². The van der Waals surface area contributed by atoms with E-state index < -0.39 is 5.41 Å². The molecule has 0 saturated carbocycles. The first-order valence-electron chi connectivity index (χ1n) is 13.0. The van der Waals surface area contributed by atoms with Gasteiger partial charge in [0.2, 0.25) is 0 Å². The summed E-state index contributed by atoms with van der Waals surface area (Å²) in [5.74, 6) is -0.663. The number of nitrogens with zero attached hydrogens (tertiary/aromatic N) is 3. The van der Waals surface area contributed by atoms with Gasteiger partial charge in [0, 0.05) is 22.5 Å². The zero-order valence-electron chi connectivity index (χ0n) is 23.9. The summed E-state index contributed by atoms with van der Waals surface area (Å²) in [6.45, 7) is 15.3. The highest BCUT2D eigenvalue weighted by Crippen LogP contribution is 2.47. The molecule has 39 heavy (non-hydrogen) atoms. The SMILES string of the molecule is CN1C(=O)c2cc(Br)c(N=Nc3cc(C(C)(C)CC(C)(C)C)cc(C(C)(C)c4ccccc4)c3O)cc2C1=O. The molecule has 6 nitrogen and oxygen atoms in total. The number of phenolic OH excluding ortho intramolecular Hbond substituents is 1. The van der Waals surface area contributed by atoms with Crippen molar-refractivity contribution in [2.75, 3.05) is 7.05 Å². The minimum absolute atomic E-state index is 0.0613. The number of imide groups is 1. The van der Waals surface area contributed by atoms with Gasteiger partial charge in [0.25, 0.3) is 11.8 Å². The number of aromatic hydroxyl groups is 1. The van der Waals surface area contributed by atoms with Crippen molar-refractivity contribution < 1.29 is 14.7 Å². The molecule has 0 radical (unpaired) electrons. The Bertz CT molecular complexity index is 1480. The molecule has 0 fully saturated rings. The molecule has 1 aliphatic heterocycles. The minimum Gasteiger partial charge on any atom is -0.505 e. The smallest absolute Gasteiger partial charge is 0.261 e. The summed E-state index contributed by atoms with van der Waals surface area (Å²) in [5.41, 5.74) is 3.62. The number of azo groups is 1. The van der Waals surface area contributed by atoms with Gasteiger partial charge in [0.05, 0.1) is 11.1 Å². The zero-order valence-corrected chi connectivity index (χ0v) is 25.5. The van der Waals surface area contributed by atoms with Crippen molar-refractivity contribution in [2.24, 2.45) is 15.6 Å². The molecule has 0 aliphatic carbocycles. The van der Waals surface area contributed by atoms with E-state index in [0.717, 1.165) is 28.0 Å². The van der Waals surface area contributed by atoms with E-state index in [1.807, 2.05) is 24.3 Å². The fourth-order valence-electron chi connectivity index (χ4n) is 5.55. The van der Waals surface area contributed by atoms with Crippen molar-refractivity contribution in [3.8, 4) is 5.75 Å². The zero-order chi connectivity index (χ0) is 28.9. The Kier molecular flexibility index (Phi) is 7.36. The maximum Gasteiger partial charge on any atom is 0.261 e. The molecule has 1 N–H and O–H groups in total. The van der Waals surface area contributed by atoms with Crippen LogP contribution in [0.15, 0.2) is 69.3 Å². The molecule has 0 bridgehead atoms. The average molecular weight is 591 g/mol. The van der Waals surface area contributed by atoms with Crippen molar-refractivity contribution in [2.45, 2.75) is 65.7 Å². The van der Waals surface area contributed by atoms with E-state index in [0.29, 0.717) is 21.4 Å². The minimum atomic E-state index is -0.505. The van der Waals surface area contributed by atoms with Crippen molar-refractivity contribution in [1.82, 2.24) is 4.90 Å². The number of hydrogen-bond acceptors (Lipinski definition) is 5. The summed E-state index contributed by atoms with van der Waals surface area (Å²) in [6.07, 6.45) is 0.923. The highest BCUT2D eigenvalue weighted by molar-refractivity contribution is 9.10. The van der Waals surface area contributed by atoms with E-state index in [9.17, 15) is 14.7 Å². The highest BCUT2D eigenvalue weighted by Gasteiger charge is 2.35. The Morgan fingerprint density at radius 2 is 1.36 bits per heavy atom. The lowest BCUT2D eigenvalue weighted by Crippen LogP contribution is -2.26. The molecule has 1 aliphatic rings. The second-order valence-corrected chi connectivity index (χ2v) is 13.6. The van der Waals surface area contributed by atoms with E-state index in [1.165, 1.54) is 7.05 Å². The van der Waals surface area contributed by atoms with Crippen LogP contribution in [-0.4, -0.2) is 28.9 Å². The summed E-state index contributed by atoms with van der Waals surface area (Å²) in [5, 5.41) is 20.5. The Balaban J connectivity index is 1.87. The molecule has 0 aromatic heterocycles. The first kappa shape index (κ1) is 28.7. The second-order valence-electron chi connectivity index (χ2n) is 12.7. The normalized spacial score (nSPS) is 14.4. The molecular formula is C32H36BrN3O3. The lowest BCUT2D eigenvalue weighted by molar-refractivity contribution is 0.0693. The molecule has 204 valence electrons. The summed E-state index contributed by atoms with van der Waals surface area (Å²) in [4.78, 5) is 26.0. The van der Waals surface area contributed by atoms with Crippen LogP contribution in [0.3, 0.4) is 0 Å². The predicted octanol–water partition coefficient (Wildman–Crippen LogP) is 8.84. The molecule has 0 unspecified atom stereocenters. The molecule has 7 heteroatoms. The molecular weight excluding hydrogens is 554 g/mol. The molecule has 0 saturated heterocycles. The Morgan fingerprint density at radius 3 is 1.95 bits per heavy atom. The number of amides is 2. The van der Waals surface area contributed by atoms with Gasteiger partial charge in [-0.05, 0) is 62.5 Å². The second kappa shape index (κ2) is 10.0. The number of phenols is 1. The molecule has 1 heterocycles. The maximum absolute atomic E-state index is 12.5. The molecule has 4 rings (SSSR count). The number of hydrogen-bond donors (Lipinski definition) is 1. The first-order chi connectivity index (χ1) is 18.0. The van der Waals surface area contributed by atoms with E-state index in [1.54, 1.807) is 12.1 Å². The fourth-order valence-corrected chi connectivity index (χ4v) is 5.98. The molecule has 0 atom stereocenters. The van der Waals surface area contributed by atoms with Gasteiger partial charge in [0.1, 0.15) is 17.1 Å².